The van der Waals surface area contributed by atoms with Crippen molar-refractivity contribution in [3.63, 3.8) is 0 Å². The van der Waals surface area contributed by atoms with Crippen molar-refractivity contribution in [2.24, 2.45) is 0 Å². The lowest BCUT2D eigenvalue weighted by Gasteiger charge is -2.22. The molecule has 5 heteroatoms. The van der Waals surface area contributed by atoms with Crippen LogP contribution in [0.1, 0.15) is 11.1 Å². The molecule has 3 aromatic rings. The van der Waals surface area contributed by atoms with Crippen LogP contribution in [0.2, 0.25) is 5.02 Å². The van der Waals surface area contributed by atoms with E-state index in [2.05, 4.69) is 14.9 Å². The largest absolute Gasteiger partial charge is 0.357 e. The van der Waals surface area contributed by atoms with Crippen LogP contribution in [0.5, 0.6) is 0 Å². The highest BCUT2D eigenvalue weighted by atomic mass is 35.5. The maximum Gasteiger partial charge on any atom is 0.357 e. The zero-order valence-electron chi connectivity index (χ0n) is 11.7. The van der Waals surface area contributed by atoms with E-state index in [1.165, 1.54) is 6.33 Å². The summed E-state index contributed by atoms with van der Waals surface area (Å²) in [6.07, 6.45) is 3.52. The second-order valence-electron chi connectivity index (χ2n) is 4.94. The molecule has 0 saturated heterocycles. The molecule has 1 aromatic heterocycles. The van der Waals surface area contributed by atoms with Crippen molar-refractivity contribution in [2.75, 3.05) is 0 Å². The van der Waals surface area contributed by atoms with Crippen LogP contribution in [0.3, 0.4) is 0 Å². The number of rotatable bonds is 4. The third-order valence-corrected chi connectivity index (χ3v) is 3.83. The van der Waals surface area contributed by atoms with Gasteiger partial charge in [-0.2, -0.15) is 9.78 Å². The summed E-state index contributed by atoms with van der Waals surface area (Å²) in [5, 5.41) is 4.89. The van der Waals surface area contributed by atoms with Gasteiger partial charge in [-0.05, 0) is 29.8 Å². The Kier molecular flexibility index (Phi) is 3.90. The zero-order valence-corrected chi connectivity index (χ0v) is 12.5. The van der Waals surface area contributed by atoms with Crippen LogP contribution >= 0.6 is 11.6 Å². The highest BCUT2D eigenvalue weighted by Crippen LogP contribution is 2.31. The van der Waals surface area contributed by atoms with Gasteiger partial charge in [-0.3, -0.25) is 4.85 Å². The molecule has 0 aliphatic carbocycles. The Hall–Kier alpha value is -2.64. The van der Waals surface area contributed by atoms with Gasteiger partial charge in [0.05, 0.1) is 12.0 Å². The van der Waals surface area contributed by atoms with Crippen molar-refractivity contribution in [2.45, 2.75) is 12.1 Å². The van der Waals surface area contributed by atoms with E-state index in [0.29, 0.717) is 11.4 Å². The maximum atomic E-state index is 7.82. The highest BCUT2D eigenvalue weighted by Gasteiger charge is 2.42. The second kappa shape index (κ2) is 6.00. The Morgan fingerprint density at radius 2 is 1.82 bits per heavy atom. The monoisotopic (exact) mass is 308 g/mol. The topological polar surface area (TPSA) is 35.1 Å². The number of nitrogens with zero attached hydrogens (tertiary/aromatic N) is 4. The summed E-state index contributed by atoms with van der Waals surface area (Å²) in [5.74, 6) is 0. The van der Waals surface area contributed by atoms with Crippen LogP contribution in [-0.4, -0.2) is 14.8 Å². The van der Waals surface area contributed by atoms with Gasteiger partial charge >= 0.3 is 5.66 Å². The van der Waals surface area contributed by atoms with Gasteiger partial charge < -0.3 is 0 Å². The Morgan fingerprint density at radius 3 is 2.41 bits per heavy atom. The molecule has 108 valence electrons. The minimum absolute atomic E-state index is 0.487. The van der Waals surface area contributed by atoms with Crippen LogP contribution < -0.4 is 0 Å². The summed E-state index contributed by atoms with van der Waals surface area (Å²) in [6, 6.07) is 17.2. The minimum atomic E-state index is -0.953. The van der Waals surface area contributed by atoms with E-state index in [-0.39, 0.29) is 0 Å². The van der Waals surface area contributed by atoms with Crippen molar-refractivity contribution in [3.05, 3.63) is 94.8 Å². The van der Waals surface area contributed by atoms with Crippen molar-refractivity contribution in [1.82, 2.24) is 14.8 Å². The highest BCUT2D eigenvalue weighted by molar-refractivity contribution is 6.30. The van der Waals surface area contributed by atoms with Gasteiger partial charge in [0.1, 0.15) is 12.7 Å². The number of hydrogen-bond acceptors (Lipinski definition) is 2. The molecular formula is C17H13ClN4. The zero-order chi connectivity index (χ0) is 15.4. The van der Waals surface area contributed by atoms with Gasteiger partial charge in [-0.15, -0.1) is 0 Å². The van der Waals surface area contributed by atoms with E-state index >= 15 is 0 Å². The molecule has 0 aliphatic rings. The normalized spacial score (nSPS) is 13.3. The molecule has 0 fully saturated rings. The molecule has 0 bridgehead atoms. The number of halogens is 1. The average Bonchev–Trinajstić information content (AvgIpc) is 3.10. The molecule has 0 saturated carbocycles. The third kappa shape index (κ3) is 2.59. The average molecular weight is 309 g/mol. The molecule has 0 N–H and O–H groups in total. The van der Waals surface area contributed by atoms with E-state index in [0.717, 1.165) is 11.1 Å². The van der Waals surface area contributed by atoms with E-state index in [1.54, 1.807) is 11.0 Å². The predicted octanol–water partition coefficient (Wildman–Crippen LogP) is 3.79. The molecule has 0 spiro atoms. The first-order valence-corrected chi connectivity index (χ1v) is 7.16. The lowest BCUT2D eigenvalue weighted by Crippen LogP contribution is -2.34. The van der Waals surface area contributed by atoms with Crippen LogP contribution in [0, 0.1) is 6.57 Å². The second-order valence-corrected chi connectivity index (χ2v) is 5.37. The fourth-order valence-corrected chi connectivity index (χ4v) is 2.59. The number of benzene rings is 2. The van der Waals surface area contributed by atoms with Gasteiger partial charge in [-0.25, -0.2) is 11.6 Å². The lowest BCUT2D eigenvalue weighted by atomic mass is 9.92. The third-order valence-electron chi connectivity index (χ3n) is 3.58. The van der Waals surface area contributed by atoms with Crippen LogP contribution in [0.15, 0.2) is 67.3 Å². The molecule has 0 amide bonds. The number of hydrogen-bond donors (Lipinski definition) is 0. The minimum Gasteiger partial charge on any atom is -0.280 e. The summed E-state index contributed by atoms with van der Waals surface area (Å²) in [6.45, 7) is 7.82. The summed E-state index contributed by atoms with van der Waals surface area (Å²) in [5.41, 5.74) is 0.941. The van der Waals surface area contributed by atoms with Crippen LogP contribution in [-0.2, 0) is 12.1 Å². The number of aromatic nitrogens is 3. The fraction of sp³-hybridized carbons (Fsp3) is 0.118. The van der Waals surface area contributed by atoms with Crippen LogP contribution in [0.4, 0.5) is 0 Å². The van der Waals surface area contributed by atoms with Crippen molar-refractivity contribution in [3.8, 4) is 0 Å². The fourth-order valence-electron chi connectivity index (χ4n) is 2.46. The Labute approximate surface area is 133 Å². The Bertz CT molecular complexity index is 776. The predicted molar refractivity (Wildman–Crippen MR) is 85.3 cm³/mol. The first kappa shape index (κ1) is 14.3. The molecule has 1 heterocycles. The van der Waals surface area contributed by atoms with Gasteiger partial charge in [-0.1, -0.05) is 41.9 Å². The maximum absolute atomic E-state index is 7.82. The summed E-state index contributed by atoms with van der Waals surface area (Å²) in [7, 11) is 0. The lowest BCUT2D eigenvalue weighted by molar-refractivity contribution is 0.394. The standard InChI is InChI=1S/C17H13ClN4/c1-19-17(22-13-20-12-21-22,15-5-3-2-4-6-15)11-14-7-9-16(18)10-8-14/h2-10,12-13H,11H2. The quantitative estimate of drug-likeness (QED) is 0.687. The molecule has 4 nitrogen and oxygen atoms in total. The van der Waals surface area contributed by atoms with Crippen molar-refractivity contribution < 1.29 is 0 Å². The van der Waals surface area contributed by atoms with Crippen molar-refractivity contribution >= 4 is 11.6 Å². The summed E-state index contributed by atoms with van der Waals surface area (Å²) in [4.78, 5) is 7.93. The van der Waals surface area contributed by atoms with E-state index in [1.807, 2.05) is 54.6 Å². The molecule has 1 atom stereocenters. The van der Waals surface area contributed by atoms with Gasteiger partial charge in [0.15, 0.2) is 0 Å². The van der Waals surface area contributed by atoms with E-state index < -0.39 is 5.66 Å². The molecule has 1 unspecified atom stereocenters. The SMILES string of the molecule is [C-]#[N+]C(Cc1ccc(Cl)cc1)(c1ccccc1)n1cncn1. The molecule has 0 radical (unpaired) electrons. The van der Waals surface area contributed by atoms with E-state index in [9.17, 15) is 0 Å². The Balaban J connectivity index is 2.11. The van der Waals surface area contributed by atoms with Gasteiger partial charge in [0.2, 0.25) is 0 Å². The molecule has 3 rings (SSSR count). The first-order valence-electron chi connectivity index (χ1n) is 6.78. The summed E-state index contributed by atoms with van der Waals surface area (Å²) < 4.78 is 1.62. The molecular weight excluding hydrogens is 296 g/mol. The smallest absolute Gasteiger partial charge is 0.280 e. The van der Waals surface area contributed by atoms with Crippen LogP contribution in [0.25, 0.3) is 4.85 Å². The Morgan fingerprint density at radius 1 is 1.09 bits per heavy atom. The van der Waals surface area contributed by atoms with Gasteiger partial charge in [0.25, 0.3) is 0 Å². The molecule has 22 heavy (non-hydrogen) atoms. The molecule has 0 aliphatic heterocycles. The first-order chi connectivity index (χ1) is 10.7. The molecule has 2 aromatic carbocycles. The summed E-state index contributed by atoms with van der Waals surface area (Å²) >= 11 is 5.95. The van der Waals surface area contributed by atoms with Gasteiger partial charge in [0, 0.05) is 5.02 Å². The van der Waals surface area contributed by atoms with E-state index in [4.69, 9.17) is 18.2 Å². The van der Waals surface area contributed by atoms with Crippen molar-refractivity contribution in [1.29, 1.82) is 0 Å².